The maximum Gasteiger partial charge on any atom is 0.114 e. The molecule has 1 heterocycles. The smallest absolute Gasteiger partial charge is 0.114 e. The van der Waals surface area contributed by atoms with Gasteiger partial charge < -0.3 is 24.8 Å². The maximum atomic E-state index is 9.84. The zero-order valence-corrected chi connectivity index (χ0v) is 18.9. The lowest BCUT2D eigenvalue weighted by Gasteiger charge is -2.24. The fourth-order valence-corrected chi connectivity index (χ4v) is 4.09. The first kappa shape index (κ1) is 26.8. The van der Waals surface area contributed by atoms with Gasteiger partial charge in [0.05, 0.1) is 13.2 Å². The summed E-state index contributed by atoms with van der Waals surface area (Å²) in [7, 11) is 0. The molecular formula is C24H48O5. The van der Waals surface area contributed by atoms with Crippen molar-refractivity contribution in [1.29, 1.82) is 0 Å². The minimum atomic E-state index is -0.974. The van der Waals surface area contributed by atoms with E-state index < -0.39 is 24.4 Å². The predicted octanol–water partition coefficient (Wildman–Crippen LogP) is 4.75. The van der Waals surface area contributed by atoms with Gasteiger partial charge in [-0.3, -0.25) is 0 Å². The summed E-state index contributed by atoms with van der Waals surface area (Å²) in [6.45, 7) is 2.74. The number of aliphatic hydroxyl groups is 3. The summed E-state index contributed by atoms with van der Waals surface area (Å²) in [5, 5.41) is 28.8. The van der Waals surface area contributed by atoms with Crippen LogP contribution < -0.4 is 0 Å². The number of aliphatic hydroxyl groups excluding tert-OH is 3. The molecule has 0 saturated carbocycles. The van der Waals surface area contributed by atoms with Gasteiger partial charge in [-0.15, -0.1) is 0 Å². The van der Waals surface area contributed by atoms with Crippen molar-refractivity contribution in [3.63, 3.8) is 0 Å². The summed E-state index contributed by atoms with van der Waals surface area (Å²) < 4.78 is 11.0. The molecule has 0 unspecified atom stereocenters. The number of rotatable bonds is 20. The molecule has 0 aromatic carbocycles. The van der Waals surface area contributed by atoms with Crippen LogP contribution in [0.1, 0.15) is 110 Å². The molecule has 174 valence electrons. The van der Waals surface area contributed by atoms with Crippen molar-refractivity contribution in [2.75, 3.05) is 19.8 Å². The van der Waals surface area contributed by atoms with Crippen LogP contribution in [0.15, 0.2) is 0 Å². The monoisotopic (exact) mass is 416 g/mol. The minimum Gasteiger partial charge on any atom is -0.394 e. The van der Waals surface area contributed by atoms with Gasteiger partial charge in [0.15, 0.2) is 0 Å². The van der Waals surface area contributed by atoms with E-state index in [2.05, 4.69) is 6.92 Å². The molecule has 29 heavy (non-hydrogen) atoms. The third-order valence-electron chi connectivity index (χ3n) is 6.07. The van der Waals surface area contributed by atoms with Crippen LogP contribution in [0, 0.1) is 0 Å². The Morgan fingerprint density at radius 2 is 1.21 bits per heavy atom. The molecular weight excluding hydrogens is 368 g/mol. The fraction of sp³-hybridized carbons (Fsp3) is 1.00. The second-order valence-electron chi connectivity index (χ2n) is 8.75. The lowest BCUT2D eigenvalue weighted by Crippen LogP contribution is -2.42. The van der Waals surface area contributed by atoms with Crippen molar-refractivity contribution in [2.45, 2.75) is 134 Å². The Bertz CT molecular complexity index is 352. The molecule has 3 N–H and O–H groups in total. The van der Waals surface area contributed by atoms with E-state index in [-0.39, 0.29) is 13.2 Å². The molecule has 0 bridgehead atoms. The highest BCUT2D eigenvalue weighted by Crippen LogP contribution is 2.20. The Morgan fingerprint density at radius 1 is 0.759 bits per heavy atom. The first-order chi connectivity index (χ1) is 14.2. The third kappa shape index (κ3) is 13.0. The molecule has 0 aliphatic carbocycles. The zero-order chi connectivity index (χ0) is 21.2. The van der Waals surface area contributed by atoms with Gasteiger partial charge in [0.25, 0.3) is 0 Å². The van der Waals surface area contributed by atoms with Gasteiger partial charge in [-0.05, 0) is 6.42 Å². The van der Waals surface area contributed by atoms with Gasteiger partial charge in [0.1, 0.15) is 24.4 Å². The molecule has 5 heteroatoms. The molecule has 0 spiro atoms. The van der Waals surface area contributed by atoms with Gasteiger partial charge >= 0.3 is 0 Å². The van der Waals surface area contributed by atoms with Crippen LogP contribution in [-0.2, 0) is 9.47 Å². The van der Waals surface area contributed by atoms with Crippen LogP contribution in [0.2, 0.25) is 0 Å². The number of ether oxygens (including phenoxy) is 2. The summed E-state index contributed by atoms with van der Waals surface area (Å²) in [5.74, 6) is 0. The average Bonchev–Trinajstić information content (AvgIpc) is 3.06. The molecule has 0 radical (unpaired) electrons. The normalized spacial score (nSPS) is 23.0. The topological polar surface area (TPSA) is 79.2 Å². The van der Waals surface area contributed by atoms with Crippen LogP contribution in [0.5, 0.6) is 0 Å². The van der Waals surface area contributed by atoms with E-state index in [1.807, 2.05) is 0 Å². The molecule has 0 amide bonds. The molecule has 1 rings (SSSR count). The highest BCUT2D eigenvalue weighted by Gasteiger charge is 2.40. The van der Waals surface area contributed by atoms with Crippen molar-refractivity contribution >= 4 is 0 Å². The van der Waals surface area contributed by atoms with Crippen molar-refractivity contribution in [3.8, 4) is 0 Å². The van der Waals surface area contributed by atoms with E-state index in [9.17, 15) is 15.3 Å². The fourth-order valence-electron chi connectivity index (χ4n) is 4.09. The van der Waals surface area contributed by atoms with E-state index in [4.69, 9.17) is 9.47 Å². The van der Waals surface area contributed by atoms with Gasteiger partial charge in [-0.25, -0.2) is 0 Å². The number of unbranched alkanes of at least 4 members (excludes halogenated alkanes) is 15. The van der Waals surface area contributed by atoms with Crippen LogP contribution in [-0.4, -0.2) is 59.6 Å². The second kappa shape index (κ2) is 18.6. The molecule has 0 aromatic heterocycles. The SMILES string of the molecule is CCCCCCCCCCCCCCCCCCO[C@H](CO)[C@H]1OC[C@H](O)[C@H]1O. The average molecular weight is 417 g/mol. The zero-order valence-electron chi connectivity index (χ0n) is 18.9. The Balaban J connectivity index is 1.81. The minimum absolute atomic E-state index is 0.102. The summed E-state index contributed by atoms with van der Waals surface area (Å²) >= 11 is 0. The highest BCUT2D eigenvalue weighted by atomic mass is 16.6. The van der Waals surface area contributed by atoms with Gasteiger partial charge in [0, 0.05) is 6.61 Å². The Hall–Kier alpha value is -0.200. The predicted molar refractivity (Wildman–Crippen MR) is 118 cm³/mol. The third-order valence-corrected chi connectivity index (χ3v) is 6.07. The Morgan fingerprint density at radius 3 is 1.59 bits per heavy atom. The maximum absolute atomic E-state index is 9.84. The first-order valence-corrected chi connectivity index (χ1v) is 12.4. The molecule has 4 atom stereocenters. The van der Waals surface area contributed by atoms with E-state index in [1.165, 1.54) is 89.9 Å². The van der Waals surface area contributed by atoms with Gasteiger partial charge in [-0.2, -0.15) is 0 Å². The van der Waals surface area contributed by atoms with E-state index in [0.29, 0.717) is 6.61 Å². The van der Waals surface area contributed by atoms with Crippen LogP contribution in [0.25, 0.3) is 0 Å². The standard InChI is InChI=1S/C24H48O5/c1-2-3-4-5-6-7-8-9-10-11-12-13-14-15-16-17-18-28-22(19-25)24-23(27)21(26)20-29-24/h21-27H,2-20H2,1H3/t21-,22+,23+,24+/m0/s1. The Kier molecular flexibility index (Phi) is 17.2. The van der Waals surface area contributed by atoms with Crippen LogP contribution in [0.3, 0.4) is 0 Å². The molecule has 1 aliphatic rings. The molecule has 1 fully saturated rings. The Labute approximate surface area is 179 Å². The van der Waals surface area contributed by atoms with Crippen molar-refractivity contribution in [3.05, 3.63) is 0 Å². The molecule has 1 saturated heterocycles. The van der Waals surface area contributed by atoms with Crippen molar-refractivity contribution in [1.82, 2.24) is 0 Å². The lowest BCUT2D eigenvalue weighted by molar-refractivity contribution is -0.101. The van der Waals surface area contributed by atoms with E-state index >= 15 is 0 Å². The van der Waals surface area contributed by atoms with E-state index in [1.54, 1.807) is 0 Å². The summed E-state index contributed by atoms with van der Waals surface area (Å²) in [6, 6.07) is 0. The summed E-state index contributed by atoms with van der Waals surface area (Å²) in [4.78, 5) is 0. The van der Waals surface area contributed by atoms with Gasteiger partial charge in [-0.1, -0.05) is 103 Å². The van der Waals surface area contributed by atoms with Crippen molar-refractivity contribution < 1.29 is 24.8 Å². The van der Waals surface area contributed by atoms with E-state index in [0.717, 1.165) is 12.8 Å². The van der Waals surface area contributed by atoms with Gasteiger partial charge in [0.2, 0.25) is 0 Å². The van der Waals surface area contributed by atoms with Crippen LogP contribution in [0.4, 0.5) is 0 Å². The summed E-state index contributed by atoms with van der Waals surface area (Å²) in [5.41, 5.74) is 0. The lowest BCUT2D eigenvalue weighted by atomic mass is 10.0. The first-order valence-electron chi connectivity index (χ1n) is 12.4. The molecule has 1 aliphatic heterocycles. The van der Waals surface area contributed by atoms with Crippen LogP contribution >= 0.6 is 0 Å². The quantitative estimate of drug-likeness (QED) is 0.250. The molecule has 0 aromatic rings. The summed E-state index contributed by atoms with van der Waals surface area (Å²) in [6.07, 6.45) is 18.3. The second-order valence-corrected chi connectivity index (χ2v) is 8.75. The largest absolute Gasteiger partial charge is 0.394 e. The van der Waals surface area contributed by atoms with Crippen molar-refractivity contribution in [2.24, 2.45) is 0 Å². The number of hydrogen-bond donors (Lipinski definition) is 3. The molecule has 5 nitrogen and oxygen atoms in total. The number of hydrogen-bond acceptors (Lipinski definition) is 5. The highest BCUT2D eigenvalue weighted by molar-refractivity contribution is 4.88.